The molecule has 0 radical (unpaired) electrons. The van der Waals surface area contributed by atoms with Crippen LogP contribution in [0.25, 0.3) is 21.7 Å². The van der Waals surface area contributed by atoms with E-state index in [2.05, 4.69) is 10.3 Å². The van der Waals surface area contributed by atoms with Crippen LogP contribution in [-0.4, -0.2) is 29.1 Å². The van der Waals surface area contributed by atoms with E-state index < -0.39 is 5.97 Å². The lowest BCUT2D eigenvalue weighted by molar-refractivity contribution is -0.136. The average molecular weight is 501 g/mol. The summed E-state index contributed by atoms with van der Waals surface area (Å²) in [6.07, 6.45) is 0.562. The number of rotatable bonds is 9. The molecule has 1 aromatic heterocycles. The Labute approximate surface area is 214 Å². The van der Waals surface area contributed by atoms with Crippen LogP contribution in [0, 0.1) is 13.8 Å². The Morgan fingerprint density at radius 1 is 0.972 bits per heavy atom. The van der Waals surface area contributed by atoms with E-state index in [9.17, 15) is 9.59 Å². The van der Waals surface area contributed by atoms with Crippen LogP contribution in [0.4, 0.5) is 0 Å². The molecule has 0 unspecified atom stereocenters. The Morgan fingerprint density at radius 3 is 2.42 bits per heavy atom. The van der Waals surface area contributed by atoms with Crippen LogP contribution in [0.15, 0.2) is 66.7 Å². The van der Waals surface area contributed by atoms with E-state index in [-0.39, 0.29) is 12.3 Å². The number of thiazole rings is 1. The van der Waals surface area contributed by atoms with Gasteiger partial charge in [-0.3, -0.25) is 9.59 Å². The Morgan fingerprint density at radius 2 is 1.69 bits per heavy atom. The molecule has 0 bridgehead atoms. The van der Waals surface area contributed by atoms with Gasteiger partial charge >= 0.3 is 5.97 Å². The second-order valence-electron chi connectivity index (χ2n) is 8.60. The van der Waals surface area contributed by atoms with E-state index in [4.69, 9.17) is 9.84 Å². The minimum absolute atomic E-state index is 0.0893. The number of methoxy groups -OCH3 is 1. The van der Waals surface area contributed by atoms with Crippen molar-refractivity contribution < 1.29 is 19.4 Å². The first kappa shape index (κ1) is 25.1. The van der Waals surface area contributed by atoms with Crippen LogP contribution in [0.5, 0.6) is 5.75 Å². The number of carbonyl (C=O) groups is 2. The van der Waals surface area contributed by atoms with Crippen LogP contribution < -0.4 is 10.1 Å². The number of nitrogens with one attached hydrogen (secondary N) is 1. The van der Waals surface area contributed by atoms with Gasteiger partial charge in [0.1, 0.15) is 15.6 Å². The lowest BCUT2D eigenvalue weighted by atomic mass is 9.99. The molecule has 0 aliphatic carbocycles. The summed E-state index contributed by atoms with van der Waals surface area (Å²) in [5.74, 6) is -0.306. The SMILES string of the molecule is COc1ccc(-c2cccc(CCC(=O)O)c2)cc1CNC(=O)c1sc(-c2ccc(C)cc2)nc1C. The molecular weight excluding hydrogens is 472 g/mol. The van der Waals surface area contributed by atoms with E-state index in [1.54, 1.807) is 7.11 Å². The molecule has 7 heteroatoms. The van der Waals surface area contributed by atoms with Crippen molar-refractivity contribution in [3.05, 3.63) is 94.0 Å². The molecule has 184 valence electrons. The van der Waals surface area contributed by atoms with E-state index in [1.165, 1.54) is 16.9 Å². The normalized spacial score (nSPS) is 10.8. The van der Waals surface area contributed by atoms with Gasteiger partial charge in [-0.1, -0.05) is 60.2 Å². The highest BCUT2D eigenvalue weighted by molar-refractivity contribution is 7.17. The molecular formula is C29H28N2O4S. The number of ether oxygens (including phenoxy) is 1. The van der Waals surface area contributed by atoms with Gasteiger partial charge in [-0.2, -0.15) is 0 Å². The predicted octanol–water partition coefficient (Wildman–Crippen LogP) is 6.05. The smallest absolute Gasteiger partial charge is 0.303 e. The highest BCUT2D eigenvalue weighted by atomic mass is 32.1. The van der Waals surface area contributed by atoms with Gasteiger partial charge in [0.25, 0.3) is 5.91 Å². The summed E-state index contributed by atoms with van der Waals surface area (Å²) in [4.78, 5) is 29.2. The molecule has 4 rings (SSSR count). The first-order valence-corrected chi connectivity index (χ1v) is 12.5. The molecule has 2 N–H and O–H groups in total. The third-order valence-corrected chi connectivity index (χ3v) is 7.11. The van der Waals surface area contributed by atoms with Gasteiger partial charge in [-0.05, 0) is 49.1 Å². The number of aromatic nitrogens is 1. The quantitative estimate of drug-likeness (QED) is 0.292. The monoisotopic (exact) mass is 500 g/mol. The van der Waals surface area contributed by atoms with Gasteiger partial charge in [0.15, 0.2) is 0 Å². The number of carboxylic acids is 1. The summed E-state index contributed by atoms with van der Waals surface area (Å²) >= 11 is 1.38. The second kappa shape index (κ2) is 11.2. The Kier molecular flexibility index (Phi) is 7.80. The zero-order valence-corrected chi connectivity index (χ0v) is 21.3. The minimum Gasteiger partial charge on any atom is -0.496 e. The summed E-state index contributed by atoms with van der Waals surface area (Å²) in [6, 6.07) is 21.8. The molecule has 0 spiro atoms. The lowest BCUT2D eigenvalue weighted by Gasteiger charge is -2.13. The maximum Gasteiger partial charge on any atom is 0.303 e. The predicted molar refractivity (Wildman–Crippen MR) is 143 cm³/mol. The Bertz CT molecular complexity index is 1390. The zero-order chi connectivity index (χ0) is 25.7. The Hall–Kier alpha value is -3.97. The van der Waals surface area contributed by atoms with E-state index >= 15 is 0 Å². The summed E-state index contributed by atoms with van der Waals surface area (Å²) < 4.78 is 5.53. The largest absolute Gasteiger partial charge is 0.496 e. The highest BCUT2D eigenvalue weighted by Crippen LogP contribution is 2.30. The van der Waals surface area contributed by atoms with Crippen LogP contribution in [0.1, 0.15) is 38.5 Å². The first-order chi connectivity index (χ1) is 17.3. The van der Waals surface area contributed by atoms with Crippen LogP contribution >= 0.6 is 11.3 Å². The molecule has 4 aromatic rings. The zero-order valence-electron chi connectivity index (χ0n) is 20.5. The van der Waals surface area contributed by atoms with Crippen molar-refractivity contribution in [2.24, 2.45) is 0 Å². The fraction of sp³-hybridized carbons (Fsp3) is 0.207. The average Bonchev–Trinajstić information content (AvgIpc) is 3.28. The molecule has 6 nitrogen and oxygen atoms in total. The van der Waals surface area contributed by atoms with Crippen LogP contribution in [-0.2, 0) is 17.8 Å². The molecule has 0 atom stereocenters. The number of carbonyl (C=O) groups excluding carboxylic acids is 1. The summed E-state index contributed by atoms with van der Waals surface area (Å²) in [5.41, 5.74) is 6.63. The third kappa shape index (κ3) is 5.98. The first-order valence-electron chi connectivity index (χ1n) is 11.6. The van der Waals surface area contributed by atoms with Crippen LogP contribution in [0.2, 0.25) is 0 Å². The van der Waals surface area contributed by atoms with Gasteiger partial charge in [-0.25, -0.2) is 4.98 Å². The van der Waals surface area contributed by atoms with Gasteiger partial charge in [-0.15, -0.1) is 11.3 Å². The van der Waals surface area contributed by atoms with Crippen molar-refractivity contribution >= 4 is 23.2 Å². The maximum atomic E-state index is 13.0. The summed E-state index contributed by atoms with van der Waals surface area (Å²) in [6.45, 7) is 4.18. The van der Waals surface area contributed by atoms with Crippen molar-refractivity contribution in [2.75, 3.05) is 7.11 Å². The summed E-state index contributed by atoms with van der Waals surface area (Å²) in [5, 5.41) is 12.8. The molecule has 0 saturated carbocycles. The molecule has 0 aliphatic rings. The number of amides is 1. The molecule has 1 amide bonds. The standard InChI is InChI=1S/C29H28N2O4S/c1-18-7-10-21(11-8-18)29-31-19(2)27(36-29)28(34)30-17-24-16-23(12-13-25(24)35-3)22-6-4-5-20(15-22)9-14-26(32)33/h4-8,10-13,15-16H,9,14,17H2,1-3H3,(H,30,34)(H,32,33). The number of hydrogen-bond acceptors (Lipinski definition) is 5. The van der Waals surface area contributed by atoms with Gasteiger partial charge in [0.05, 0.1) is 12.8 Å². The van der Waals surface area contributed by atoms with Crippen molar-refractivity contribution in [2.45, 2.75) is 33.2 Å². The lowest BCUT2D eigenvalue weighted by Crippen LogP contribution is -2.22. The number of aryl methyl sites for hydroxylation is 3. The topological polar surface area (TPSA) is 88.5 Å². The van der Waals surface area contributed by atoms with E-state index in [0.29, 0.717) is 29.3 Å². The van der Waals surface area contributed by atoms with Crippen molar-refractivity contribution in [3.8, 4) is 27.4 Å². The number of carboxylic acid groups (broad SMARTS) is 1. The fourth-order valence-electron chi connectivity index (χ4n) is 3.94. The van der Waals surface area contributed by atoms with E-state index in [0.717, 1.165) is 32.8 Å². The van der Waals surface area contributed by atoms with Crippen molar-refractivity contribution in [1.82, 2.24) is 10.3 Å². The number of hydrogen-bond donors (Lipinski definition) is 2. The molecule has 1 heterocycles. The van der Waals surface area contributed by atoms with Crippen LogP contribution in [0.3, 0.4) is 0 Å². The highest BCUT2D eigenvalue weighted by Gasteiger charge is 2.17. The number of benzene rings is 3. The molecule has 3 aromatic carbocycles. The maximum absolute atomic E-state index is 13.0. The van der Waals surface area contributed by atoms with Crippen molar-refractivity contribution in [3.63, 3.8) is 0 Å². The second-order valence-corrected chi connectivity index (χ2v) is 9.60. The fourth-order valence-corrected chi connectivity index (χ4v) is 4.92. The molecule has 0 fully saturated rings. The summed E-state index contributed by atoms with van der Waals surface area (Å²) in [7, 11) is 1.61. The van der Waals surface area contributed by atoms with Gasteiger partial charge in [0, 0.05) is 24.1 Å². The molecule has 0 saturated heterocycles. The number of aliphatic carboxylic acids is 1. The molecule has 36 heavy (non-hydrogen) atoms. The number of nitrogens with zero attached hydrogens (tertiary/aromatic N) is 1. The molecule has 0 aliphatic heterocycles. The minimum atomic E-state index is -0.815. The van der Waals surface area contributed by atoms with Gasteiger partial charge < -0.3 is 15.2 Å². The third-order valence-electron chi connectivity index (χ3n) is 5.91. The van der Waals surface area contributed by atoms with Gasteiger partial charge in [0.2, 0.25) is 0 Å². The van der Waals surface area contributed by atoms with Crippen molar-refractivity contribution in [1.29, 1.82) is 0 Å². The Balaban J connectivity index is 1.51. The van der Waals surface area contributed by atoms with E-state index in [1.807, 2.05) is 80.6 Å².